The molecule has 0 saturated carbocycles. The van der Waals surface area contributed by atoms with E-state index in [1.807, 2.05) is 35.2 Å². The van der Waals surface area contributed by atoms with Gasteiger partial charge in [-0.1, -0.05) is 84.9 Å². The molecule has 0 spiro atoms. The topological polar surface area (TPSA) is 20.3 Å². The fourth-order valence-electron chi connectivity index (χ4n) is 4.24. The third-order valence-corrected chi connectivity index (χ3v) is 5.62. The second kappa shape index (κ2) is 6.97. The van der Waals surface area contributed by atoms with E-state index in [4.69, 9.17) is 0 Å². The van der Waals surface area contributed by atoms with Gasteiger partial charge in [-0.25, -0.2) is 0 Å². The van der Waals surface area contributed by atoms with Gasteiger partial charge in [-0.05, 0) is 45.5 Å². The van der Waals surface area contributed by atoms with Gasteiger partial charge in [0.15, 0.2) is 0 Å². The largest absolute Gasteiger partial charge is 0.334 e. The third kappa shape index (κ3) is 2.87. The molecule has 0 aromatic heterocycles. The zero-order chi connectivity index (χ0) is 18.9. The van der Waals surface area contributed by atoms with Crippen LogP contribution >= 0.6 is 0 Å². The van der Waals surface area contributed by atoms with E-state index in [1.54, 1.807) is 0 Å². The molecule has 2 nitrogen and oxygen atoms in total. The van der Waals surface area contributed by atoms with Crippen molar-refractivity contribution in [2.24, 2.45) is 0 Å². The lowest BCUT2D eigenvalue weighted by Gasteiger charge is -2.30. The lowest BCUT2D eigenvalue weighted by molar-refractivity contribution is 0.0727. The minimum absolute atomic E-state index is 0.132. The Kier molecular flexibility index (Phi) is 4.17. The minimum atomic E-state index is 0.132. The van der Waals surface area contributed by atoms with Crippen molar-refractivity contribution in [3.63, 3.8) is 0 Å². The van der Waals surface area contributed by atoms with Crippen LogP contribution in [0, 0.1) is 0 Å². The number of nitrogens with zero attached hydrogens (tertiary/aromatic N) is 1. The molecule has 0 bridgehead atoms. The van der Waals surface area contributed by atoms with Crippen LogP contribution in [-0.2, 0) is 13.0 Å². The van der Waals surface area contributed by atoms with Crippen LogP contribution in [-0.4, -0.2) is 17.4 Å². The molecular weight excluding hydrogens is 342 g/mol. The zero-order valence-corrected chi connectivity index (χ0v) is 15.6. The lowest BCUT2D eigenvalue weighted by atomic mass is 9.88. The van der Waals surface area contributed by atoms with Crippen molar-refractivity contribution < 1.29 is 4.79 Å². The Balaban J connectivity index is 1.56. The maximum absolute atomic E-state index is 13.2. The molecule has 0 atom stereocenters. The van der Waals surface area contributed by atoms with Gasteiger partial charge in [-0.3, -0.25) is 4.79 Å². The predicted octanol–water partition coefficient (Wildman–Crippen LogP) is 5.71. The molecule has 5 rings (SSSR count). The van der Waals surface area contributed by atoms with Crippen LogP contribution in [0.1, 0.15) is 21.5 Å². The Morgan fingerprint density at radius 1 is 0.679 bits per heavy atom. The van der Waals surface area contributed by atoms with Crippen LogP contribution in [0.5, 0.6) is 0 Å². The normalized spacial score (nSPS) is 13.6. The summed E-state index contributed by atoms with van der Waals surface area (Å²) >= 11 is 0. The molecule has 136 valence electrons. The SMILES string of the molecule is O=C1c2cccc(-c3cccc4ccccc34)c2CCN1Cc1ccccc1. The zero-order valence-electron chi connectivity index (χ0n) is 15.6. The van der Waals surface area contributed by atoms with Crippen molar-refractivity contribution in [1.82, 2.24) is 4.90 Å². The Morgan fingerprint density at radius 3 is 2.25 bits per heavy atom. The number of fused-ring (bicyclic) bond motifs is 2. The van der Waals surface area contributed by atoms with Crippen molar-refractivity contribution >= 4 is 16.7 Å². The van der Waals surface area contributed by atoms with Crippen LogP contribution in [0.4, 0.5) is 0 Å². The highest BCUT2D eigenvalue weighted by Crippen LogP contribution is 2.35. The Morgan fingerprint density at radius 2 is 1.36 bits per heavy atom. The molecular formula is C26H21NO. The summed E-state index contributed by atoms with van der Waals surface area (Å²) in [7, 11) is 0. The van der Waals surface area contributed by atoms with Crippen molar-refractivity contribution in [3.8, 4) is 11.1 Å². The Hall–Kier alpha value is -3.39. The molecule has 0 fully saturated rings. The summed E-state index contributed by atoms with van der Waals surface area (Å²) in [4.78, 5) is 15.2. The van der Waals surface area contributed by atoms with Crippen molar-refractivity contribution in [2.75, 3.05) is 6.54 Å². The number of hydrogen-bond acceptors (Lipinski definition) is 1. The number of amides is 1. The van der Waals surface area contributed by atoms with E-state index < -0.39 is 0 Å². The Labute approximate surface area is 165 Å². The van der Waals surface area contributed by atoms with Crippen LogP contribution in [0.2, 0.25) is 0 Å². The van der Waals surface area contributed by atoms with Gasteiger partial charge in [0.1, 0.15) is 0 Å². The number of carbonyl (C=O) groups excluding carboxylic acids is 1. The molecule has 4 aromatic carbocycles. The first-order valence-corrected chi connectivity index (χ1v) is 9.74. The van der Waals surface area contributed by atoms with Gasteiger partial charge in [0.05, 0.1) is 0 Å². The molecule has 0 radical (unpaired) electrons. The van der Waals surface area contributed by atoms with Gasteiger partial charge in [-0.2, -0.15) is 0 Å². The summed E-state index contributed by atoms with van der Waals surface area (Å²) in [5.41, 5.74) is 5.58. The molecule has 0 unspecified atom stereocenters. The summed E-state index contributed by atoms with van der Waals surface area (Å²) < 4.78 is 0. The van der Waals surface area contributed by atoms with E-state index in [0.29, 0.717) is 6.54 Å². The van der Waals surface area contributed by atoms with E-state index in [2.05, 4.69) is 60.7 Å². The van der Waals surface area contributed by atoms with Crippen molar-refractivity contribution in [2.45, 2.75) is 13.0 Å². The summed E-state index contributed by atoms with van der Waals surface area (Å²) in [5.74, 6) is 0.132. The van der Waals surface area contributed by atoms with E-state index in [9.17, 15) is 4.79 Å². The first kappa shape index (κ1) is 16.8. The van der Waals surface area contributed by atoms with Crippen LogP contribution in [0.15, 0.2) is 91.0 Å². The average Bonchev–Trinajstić information content (AvgIpc) is 2.76. The Bertz CT molecular complexity index is 1160. The molecule has 0 aliphatic carbocycles. The maximum atomic E-state index is 13.2. The standard InChI is InChI=1S/C26H21NO/c28-26-25-15-7-14-23(22-13-6-11-20-10-4-5-12-21(20)22)24(25)16-17-27(26)18-19-8-2-1-3-9-19/h1-15H,16-18H2. The number of carbonyl (C=O) groups is 1. The van der Waals surface area contributed by atoms with Crippen molar-refractivity contribution in [3.05, 3.63) is 108 Å². The number of hydrogen-bond donors (Lipinski definition) is 0. The van der Waals surface area contributed by atoms with Gasteiger partial charge in [0.2, 0.25) is 0 Å². The van der Waals surface area contributed by atoms with E-state index >= 15 is 0 Å². The van der Waals surface area contributed by atoms with Gasteiger partial charge >= 0.3 is 0 Å². The predicted molar refractivity (Wildman–Crippen MR) is 114 cm³/mol. The highest BCUT2D eigenvalue weighted by atomic mass is 16.2. The third-order valence-electron chi connectivity index (χ3n) is 5.62. The molecule has 4 aromatic rings. The van der Waals surface area contributed by atoms with Gasteiger partial charge in [0, 0.05) is 18.7 Å². The summed E-state index contributed by atoms with van der Waals surface area (Å²) in [5, 5.41) is 2.46. The van der Waals surface area contributed by atoms with E-state index in [1.165, 1.54) is 33.0 Å². The first-order valence-electron chi connectivity index (χ1n) is 9.74. The molecule has 1 aliphatic rings. The molecule has 0 N–H and O–H groups in total. The van der Waals surface area contributed by atoms with Crippen LogP contribution in [0.3, 0.4) is 0 Å². The summed E-state index contributed by atoms with van der Waals surface area (Å²) in [6.45, 7) is 1.42. The smallest absolute Gasteiger partial charge is 0.254 e. The maximum Gasteiger partial charge on any atom is 0.254 e. The summed E-state index contributed by atoms with van der Waals surface area (Å²) in [6, 6.07) is 31.2. The average molecular weight is 363 g/mol. The second-order valence-corrected chi connectivity index (χ2v) is 7.32. The molecule has 1 aliphatic heterocycles. The lowest BCUT2D eigenvalue weighted by Crippen LogP contribution is -2.37. The molecule has 0 saturated heterocycles. The summed E-state index contributed by atoms with van der Waals surface area (Å²) in [6.07, 6.45) is 0.882. The number of benzene rings is 4. The fraction of sp³-hybridized carbons (Fsp3) is 0.115. The first-order chi connectivity index (χ1) is 13.8. The van der Waals surface area contributed by atoms with E-state index in [-0.39, 0.29) is 5.91 Å². The fourth-order valence-corrected chi connectivity index (χ4v) is 4.24. The van der Waals surface area contributed by atoms with Gasteiger partial charge < -0.3 is 4.90 Å². The quantitative estimate of drug-likeness (QED) is 0.457. The van der Waals surface area contributed by atoms with Gasteiger partial charge in [0.25, 0.3) is 5.91 Å². The number of rotatable bonds is 3. The van der Waals surface area contributed by atoms with Crippen molar-refractivity contribution in [1.29, 1.82) is 0 Å². The molecule has 2 heteroatoms. The van der Waals surface area contributed by atoms with E-state index in [0.717, 1.165) is 18.5 Å². The molecule has 1 amide bonds. The second-order valence-electron chi connectivity index (χ2n) is 7.32. The highest BCUT2D eigenvalue weighted by Gasteiger charge is 2.26. The van der Waals surface area contributed by atoms with Crippen LogP contribution in [0.25, 0.3) is 21.9 Å². The molecule has 28 heavy (non-hydrogen) atoms. The minimum Gasteiger partial charge on any atom is -0.334 e. The monoisotopic (exact) mass is 363 g/mol. The van der Waals surface area contributed by atoms with Gasteiger partial charge in [-0.15, -0.1) is 0 Å². The highest BCUT2D eigenvalue weighted by molar-refractivity contribution is 6.02. The van der Waals surface area contributed by atoms with Crippen LogP contribution < -0.4 is 0 Å². The molecule has 1 heterocycles.